The Morgan fingerprint density at radius 1 is 1.40 bits per heavy atom. The van der Waals surface area contributed by atoms with E-state index in [4.69, 9.17) is 16.0 Å². The van der Waals surface area contributed by atoms with Crippen molar-refractivity contribution in [1.82, 2.24) is 0 Å². The van der Waals surface area contributed by atoms with Crippen molar-refractivity contribution in [2.45, 2.75) is 6.92 Å². The van der Waals surface area contributed by atoms with E-state index in [1.165, 1.54) is 6.08 Å². The van der Waals surface area contributed by atoms with Crippen LogP contribution in [-0.2, 0) is 4.79 Å². The summed E-state index contributed by atoms with van der Waals surface area (Å²) in [6.45, 7) is 1.79. The molecule has 0 aliphatic rings. The average molecular weight is 221 g/mol. The lowest BCUT2D eigenvalue weighted by atomic mass is 10.2. The zero-order valence-corrected chi connectivity index (χ0v) is 8.91. The maximum Gasteiger partial charge on any atom is 0.245 e. The molecule has 2 aromatic rings. The fourth-order valence-electron chi connectivity index (χ4n) is 1.42. The van der Waals surface area contributed by atoms with Crippen molar-refractivity contribution >= 4 is 33.4 Å². The fraction of sp³-hybridized carbons (Fsp3) is 0.0833. The third kappa shape index (κ3) is 2.10. The molecule has 1 aromatic heterocycles. The molecular weight excluding hydrogens is 212 g/mol. The van der Waals surface area contributed by atoms with Gasteiger partial charge in [-0.05, 0) is 36.2 Å². The van der Waals surface area contributed by atoms with Gasteiger partial charge in [-0.1, -0.05) is 18.2 Å². The number of benzene rings is 1. The summed E-state index contributed by atoms with van der Waals surface area (Å²) < 4.78 is 5.55. The number of allylic oxidation sites excluding steroid dienone is 2. The Balaban J connectivity index is 2.49. The topological polar surface area (TPSA) is 30.2 Å². The number of rotatable bonds is 2. The van der Waals surface area contributed by atoms with Gasteiger partial charge in [-0.2, -0.15) is 0 Å². The first-order chi connectivity index (χ1) is 7.16. The van der Waals surface area contributed by atoms with Crippen LogP contribution in [0.5, 0.6) is 0 Å². The largest absolute Gasteiger partial charge is 0.456 e. The van der Waals surface area contributed by atoms with Crippen LogP contribution in [0.1, 0.15) is 12.7 Å². The quantitative estimate of drug-likeness (QED) is 0.572. The monoisotopic (exact) mass is 220 g/mol. The van der Waals surface area contributed by atoms with E-state index in [0.717, 1.165) is 16.5 Å². The summed E-state index contributed by atoms with van der Waals surface area (Å²) in [5, 5.41) is 0.523. The van der Waals surface area contributed by atoms with Crippen molar-refractivity contribution < 1.29 is 9.21 Å². The molecule has 2 nitrogen and oxygen atoms in total. The molecule has 0 bridgehead atoms. The Labute approximate surface area is 92.1 Å². The molecular formula is C12H9ClO2. The van der Waals surface area contributed by atoms with Gasteiger partial charge >= 0.3 is 0 Å². The molecule has 0 aliphatic carbocycles. The fourth-order valence-corrected chi connectivity index (χ4v) is 1.58. The van der Waals surface area contributed by atoms with Crippen molar-refractivity contribution in [3.05, 3.63) is 42.2 Å². The maximum atomic E-state index is 10.7. The van der Waals surface area contributed by atoms with Gasteiger partial charge in [0.25, 0.3) is 0 Å². The van der Waals surface area contributed by atoms with Crippen LogP contribution < -0.4 is 0 Å². The Bertz CT molecular complexity index is 504. The first kappa shape index (κ1) is 9.99. The average Bonchev–Trinajstić information content (AvgIpc) is 2.59. The molecule has 0 radical (unpaired) electrons. The molecule has 0 aliphatic heterocycles. The standard InChI is InChI=1S/C12H9ClO2/c1-8(6-12(13)14)11-7-9-4-2-3-5-10(9)15-11/h2-7H,1H3/b8-6-. The van der Waals surface area contributed by atoms with Crippen LogP contribution in [0.4, 0.5) is 0 Å². The molecule has 0 unspecified atom stereocenters. The molecule has 0 saturated heterocycles. The first-order valence-electron chi connectivity index (χ1n) is 4.53. The summed E-state index contributed by atoms with van der Waals surface area (Å²) in [6, 6.07) is 9.57. The Hall–Kier alpha value is -1.54. The van der Waals surface area contributed by atoms with Gasteiger partial charge in [-0.25, -0.2) is 0 Å². The van der Waals surface area contributed by atoms with Gasteiger partial charge < -0.3 is 4.42 Å². The molecule has 0 atom stereocenters. The van der Waals surface area contributed by atoms with Crippen LogP contribution in [0, 0.1) is 0 Å². The number of furan rings is 1. The van der Waals surface area contributed by atoms with Gasteiger partial charge in [-0.3, -0.25) is 4.79 Å². The van der Waals surface area contributed by atoms with Gasteiger partial charge in [0.15, 0.2) is 0 Å². The zero-order valence-electron chi connectivity index (χ0n) is 8.16. The summed E-state index contributed by atoms with van der Waals surface area (Å²) >= 11 is 5.26. The predicted molar refractivity (Wildman–Crippen MR) is 60.7 cm³/mol. The van der Waals surface area contributed by atoms with Crippen molar-refractivity contribution in [1.29, 1.82) is 0 Å². The Kier molecular flexibility index (Phi) is 2.60. The highest BCUT2D eigenvalue weighted by molar-refractivity contribution is 6.66. The number of carbonyl (C=O) groups excluding carboxylic acids is 1. The molecule has 0 N–H and O–H groups in total. The van der Waals surface area contributed by atoms with Crippen LogP contribution in [0.15, 0.2) is 40.8 Å². The molecule has 15 heavy (non-hydrogen) atoms. The summed E-state index contributed by atoms with van der Waals surface area (Å²) in [5.74, 6) is 0.671. The second-order valence-electron chi connectivity index (χ2n) is 3.28. The number of carbonyl (C=O) groups is 1. The second-order valence-corrected chi connectivity index (χ2v) is 3.65. The van der Waals surface area contributed by atoms with Gasteiger partial charge in [0.2, 0.25) is 5.24 Å². The molecule has 0 spiro atoms. The van der Waals surface area contributed by atoms with Crippen molar-refractivity contribution in [2.75, 3.05) is 0 Å². The lowest BCUT2D eigenvalue weighted by Gasteiger charge is -1.91. The highest BCUT2D eigenvalue weighted by Crippen LogP contribution is 2.24. The van der Waals surface area contributed by atoms with Crippen molar-refractivity contribution in [3.8, 4) is 0 Å². The minimum atomic E-state index is -0.493. The Morgan fingerprint density at radius 2 is 2.13 bits per heavy atom. The van der Waals surface area contributed by atoms with E-state index in [-0.39, 0.29) is 0 Å². The summed E-state index contributed by atoms with van der Waals surface area (Å²) in [4.78, 5) is 10.7. The van der Waals surface area contributed by atoms with E-state index in [1.54, 1.807) is 6.92 Å². The third-order valence-corrected chi connectivity index (χ3v) is 2.25. The lowest BCUT2D eigenvalue weighted by molar-refractivity contribution is -0.107. The lowest BCUT2D eigenvalue weighted by Crippen LogP contribution is -1.80. The molecule has 0 saturated carbocycles. The third-order valence-electron chi connectivity index (χ3n) is 2.14. The number of halogens is 1. The minimum absolute atomic E-state index is 0.493. The molecule has 1 aromatic carbocycles. The molecule has 2 rings (SSSR count). The van der Waals surface area contributed by atoms with Gasteiger partial charge in [-0.15, -0.1) is 0 Å². The summed E-state index contributed by atoms with van der Waals surface area (Å²) in [6.07, 6.45) is 1.35. The normalized spacial score (nSPS) is 12.0. The first-order valence-corrected chi connectivity index (χ1v) is 4.91. The minimum Gasteiger partial charge on any atom is -0.456 e. The number of para-hydroxylation sites is 1. The van der Waals surface area contributed by atoms with Crippen LogP contribution >= 0.6 is 11.6 Å². The summed E-state index contributed by atoms with van der Waals surface area (Å²) in [5.41, 5.74) is 1.54. The number of hydrogen-bond donors (Lipinski definition) is 0. The smallest absolute Gasteiger partial charge is 0.245 e. The molecule has 76 valence electrons. The van der Waals surface area contributed by atoms with E-state index in [1.807, 2.05) is 30.3 Å². The number of hydrogen-bond acceptors (Lipinski definition) is 2. The molecule has 3 heteroatoms. The van der Waals surface area contributed by atoms with Crippen LogP contribution in [0.2, 0.25) is 0 Å². The molecule has 0 amide bonds. The van der Waals surface area contributed by atoms with E-state index < -0.39 is 5.24 Å². The molecule has 1 heterocycles. The molecule has 0 fully saturated rings. The van der Waals surface area contributed by atoms with Crippen LogP contribution in [0.3, 0.4) is 0 Å². The number of fused-ring (bicyclic) bond motifs is 1. The van der Waals surface area contributed by atoms with E-state index >= 15 is 0 Å². The van der Waals surface area contributed by atoms with Gasteiger partial charge in [0, 0.05) is 11.5 Å². The second kappa shape index (κ2) is 3.91. The van der Waals surface area contributed by atoms with Gasteiger partial charge in [0.05, 0.1) is 0 Å². The van der Waals surface area contributed by atoms with Crippen molar-refractivity contribution in [2.24, 2.45) is 0 Å². The highest BCUT2D eigenvalue weighted by Gasteiger charge is 2.05. The predicted octanol–water partition coefficient (Wildman–Crippen LogP) is 3.60. The van der Waals surface area contributed by atoms with Gasteiger partial charge in [0.1, 0.15) is 11.3 Å². The van der Waals surface area contributed by atoms with E-state index in [9.17, 15) is 4.79 Å². The van der Waals surface area contributed by atoms with Crippen LogP contribution in [-0.4, -0.2) is 5.24 Å². The van der Waals surface area contributed by atoms with E-state index in [2.05, 4.69) is 0 Å². The Morgan fingerprint density at radius 3 is 2.80 bits per heavy atom. The zero-order chi connectivity index (χ0) is 10.8. The summed E-state index contributed by atoms with van der Waals surface area (Å²) in [7, 11) is 0. The van der Waals surface area contributed by atoms with E-state index in [0.29, 0.717) is 5.76 Å². The van der Waals surface area contributed by atoms with Crippen molar-refractivity contribution in [3.63, 3.8) is 0 Å². The van der Waals surface area contributed by atoms with Crippen LogP contribution in [0.25, 0.3) is 16.5 Å². The maximum absolute atomic E-state index is 10.7. The highest BCUT2D eigenvalue weighted by atomic mass is 35.5. The SMILES string of the molecule is C/C(=C/C(=O)Cl)c1cc2ccccc2o1.